The minimum absolute atomic E-state index is 0.0611. The molecule has 1 aliphatic rings. The van der Waals surface area contributed by atoms with Gasteiger partial charge >= 0.3 is 5.63 Å². The number of pyridine rings is 1. The zero-order chi connectivity index (χ0) is 22.6. The molecule has 156 valence electrons. The normalized spacial score (nSPS) is 15.0. The molecule has 5 rings (SSSR count). The SMILES string of the molecule is CC(C)(C)c1ccc2nc3c(cc2c1)C(C(C#N)C#N)c1c(c2ccccc2oc1=O)O3. The van der Waals surface area contributed by atoms with E-state index in [1.807, 2.05) is 42.5 Å². The van der Waals surface area contributed by atoms with Crippen LogP contribution in [-0.4, -0.2) is 4.98 Å². The lowest BCUT2D eigenvalue weighted by molar-refractivity contribution is 0.410. The summed E-state index contributed by atoms with van der Waals surface area (Å²) in [4.78, 5) is 17.7. The maximum atomic E-state index is 13.0. The van der Waals surface area contributed by atoms with Gasteiger partial charge in [0.05, 0.1) is 34.5 Å². The van der Waals surface area contributed by atoms with Crippen molar-refractivity contribution in [2.75, 3.05) is 0 Å². The largest absolute Gasteiger partial charge is 0.437 e. The summed E-state index contributed by atoms with van der Waals surface area (Å²) in [5.74, 6) is -1.35. The highest BCUT2D eigenvalue weighted by atomic mass is 16.5. The van der Waals surface area contributed by atoms with Crippen LogP contribution >= 0.6 is 0 Å². The molecule has 0 fully saturated rings. The van der Waals surface area contributed by atoms with Crippen molar-refractivity contribution in [2.24, 2.45) is 5.92 Å². The number of rotatable bonds is 1. The topological polar surface area (TPSA) is 99.9 Å². The van der Waals surface area contributed by atoms with Gasteiger partial charge in [0.15, 0.2) is 5.75 Å². The number of hydrogen-bond donors (Lipinski definition) is 0. The number of nitrogens with zero attached hydrogens (tertiary/aromatic N) is 3. The first-order valence-electron chi connectivity index (χ1n) is 10.3. The molecule has 0 saturated heterocycles. The summed E-state index contributed by atoms with van der Waals surface area (Å²) in [5, 5.41) is 20.9. The minimum atomic E-state index is -1.11. The van der Waals surface area contributed by atoms with Crippen LogP contribution in [0, 0.1) is 28.6 Å². The van der Waals surface area contributed by atoms with Crippen LogP contribution in [0.2, 0.25) is 0 Å². The third kappa shape index (κ3) is 2.92. The lowest BCUT2D eigenvalue weighted by atomic mass is 9.80. The molecule has 1 atom stereocenters. The third-order valence-electron chi connectivity index (χ3n) is 5.93. The molecule has 1 aliphatic heterocycles. The van der Waals surface area contributed by atoms with Crippen LogP contribution in [-0.2, 0) is 5.41 Å². The van der Waals surface area contributed by atoms with Crippen LogP contribution in [0.4, 0.5) is 0 Å². The zero-order valence-corrected chi connectivity index (χ0v) is 17.8. The second kappa shape index (κ2) is 6.93. The van der Waals surface area contributed by atoms with Crippen LogP contribution in [0.25, 0.3) is 21.9 Å². The fourth-order valence-corrected chi connectivity index (χ4v) is 4.24. The number of benzene rings is 2. The van der Waals surface area contributed by atoms with Gasteiger partial charge in [-0.05, 0) is 41.3 Å². The lowest BCUT2D eigenvalue weighted by Gasteiger charge is -2.28. The molecule has 0 spiro atoms. The molecule has 2 aromatic heterocycles. The van der Waals surface area contributed by atoms with Gasteiger partial charge in [-0.3, -0.25) is 0 Å². The predicted octanol–water partition coefficient (Wildman–Crippen LogP) is 5.54. The Morgan fingerprint density at radius 2 is 1.81 bits per heavy atom. The van der Waals surface area contributed by atoms with E-state index >= 15 is 0 Å². The van der Waals surface area contributed by atoms with E-state index in [0.717, 1.165) is 16.5 Å². The van der Waals surface area contributed by atoms with Gasteiger partial charge in [0.2, 0.25) is 5.88 Å². The number of aromatic nitrogens is 1. The summed E-state index contributed by atoms with van der Waals surface area (Å²) >= 11 is 0. The molecule has 32 heavy (non-hydrogen) atoms. The molecule has 0 saturated carbocycles. The quantitative estimate of drug-likeness (QED) is 0.374. The molecule has 0 amide bonds. The van der Waals surface area contributed by atoms with Crippen LogP contribution in [0.3, 0.4) is 0 Å². The van der Waals surface area contributed by atoms with E-state index in [9.17, 15) is 15.3 Å². The van der Waals surface area contributed by atoms with E-state index in [2.05, 4.69) is 20.8 Å². The lowest BCUT2D eigenvalue weighted by Crippen LogP contribution is -2.24. The molecular formula is C26H19N3O3. The Morgan fingerprint density at radius 1 is 1.06 bits per heavy atom. The van der Waals surface area contributed by atoms with E-state index in [-0.39, 0.29) is 11.0 Å². The molecule has 6 nitrogen and oxygen atoms in total. The Morgan fingerprint density at radius 3 is 2.53 bits per heavy atom. The molecule has 0 N–H and O–H groups in total. The van der Waals surface area contributed by atoms with Crippen molar-refractivity contribution in [1.82, 2.24) is 4.98 Å². The van der Waals surface area contributed by atoms with Gasteiger partial charge in [0.1, 0.15) is 11.5 Å². The Labute approximate surface area is 184 Å². The third-order valence-corrected chi connectivity index (χ3v) is 5.93. The maximum absolute atomic E-state index is 13.0. The summed E-state index contributed by atoms with van der Waals surface area (Å²) in [6.07, 6.45) is 0. The molecule has 0 bridgehead atoms. The molecule has 0 aliphatic carbocycles. The van der Waals surface area contributed by atoms with E-state index in [0.29, 0.717) is 28.2 Å². The van der Waals surface area contributed by atoms with Crippen molar-refractivity contribution in [2.45, 2.75) is 32.1 Å². The number of hydrogen-bond acceptors (Lipinski definition) is 6. The first kappa shape index (κ1) is 19.8. The zero-order valence-electron chi connectivity index (χ0n) is 17.8. The van der Waals surface area contributed by atoms with Crippen molar-refractivity contribution in [3.63, 3.8) is 0 Å². The molecular weight excluding hydrogens is 402 g/mol. The van der Waals surface area contributed by atoms with Crippen molar-refractivity contribution < 1.29 is 9.15 Å². The molecule has 0 radical (unpaired) electrons. The van der Waals surface area contributed by atoms with E-state index in [1.165, 1.54) is 0 Å². The number of nitriles is 2. The van der Waals surface area contributed by atoms with E-state index < -0.39 is 17.5 Å². The second-order valence-electron chi connectivity index (χ2n) is 8.98. The van der Waals surface area contributed by atoms with Crippen LogP contribution in [0.5, 0.6) is 11.6 Å². The number of para-hydroxylation sites is 1. The summed E-state index contributed by atoms with van der Waals surface area (Å²) in [6.45, 7) is 6.37. The van der Waals surface area contributed by atoms with Crippen LogP contribution < -0.4 is 10.4 Å². The summed E-state index contributed by atoms with van der Waals surface area (Å²) < 4.78 is 11.7. The summed E-state index contributed by atoms with van der Waals surface area (Å²) in [6, 6.07) is 19.0. The monoisotopic (exact) mass is 421 g/mol. The van der Waals surface area contributed by atoms with Gasteiger partial charge in [-0.15, -0.1) is 0 Å². The minimum Gasteiger partial charge on any atom is -0.437 e. The average Bonchev–Trinajstić information content (AvgIpc) is 2.77. The Balaban J connectivity index is 1.84. The number of fused-ring (bicyclic) bond motifs is 5. The number of ether oxygens (including phenoxy) is 1. The van der Waals surface area contributed by atoms with Gasteiger partial charge < -0.3 is 9.15 Å². The Hall–Kier alpha value is -4.16. The Kier molecular flexibility index (Phi) is 4.29. The van der Waals surface area contributed by atoms with Gasteiger partial charge in [0, 0.05) is 10.9 Å². The van der Waals surface area contributed by atoms with Gasteiger partial charge in [-0.1, -0.05) is 39.0 Å². The first-order valence-corrected chi connectivity index (χ1v) is 10.3. The smallest absolute Gasteiger partial charge is 0.343 e. The molecule has 4 aromatic rings. The van der Waals surface area contributed by atoms with Crippen molar-refractivity contribution in [3.8, 4) is 23.8 Å². The average molecular weight is 421 g/mol. The summed E-state index contributed by atoms with van der Waals surface area (Å²) in [5.41, 5.74) is 2.27. The highest BCUT2D eigenvalue weighted by molar-refractivity contribution is 5.87. The van der Waals surface area contributed by atoms with Crippen molar-refractivity contribution in [1.29, 1.82) is 10.5 Å². The van der Waals surface area contributed by atoms with E-state index in [4.69, 9.17) is 14.1 Å². The summed E-state index contributed by atoms with van der Waals surface area (Å²) in [7, 11) is 0. The van der Waals surface area contributed by atoms with Gasteiger partial charge in [-0.25, -0.2) is 9.78 Å². The van der Waals surface area contributed by atoms with Crippen LogP contribution in [0.1, 0.15) is 43.4 Å². The molecule has 6 heteroatoms. The molecule has 2 aromatic carbocycles. The van der Waals surface area contributed by atoms with Crippen molar-refractivity contribution in [3.05, 3.63) is 75.6 Å². The molecule has 1 unspecified atom stereocenters. The fraction of sp³-hybridized carbons (Fsp3) is 0.231. The second-order valence-corrected chi connectivity index (χ2v) is 8.98. The highest BCUT2D eigenvalue weighted by Crippen LogP contribution is 2.48. The standard InChI is InChI=1S/C26H19N3O3/c1-26(2,3)16-8-9-19-14(10-16)11-18-21(15(12-27)13-28)22-23(32-24(18)29-19)17-6-4-5-7-20(17)31-25(22)30/h4-11,15,21H,1-3H3. The van der Waals surface area contributed by atoms with Crippen molar-refractivity contribution >= 4 is 21.9 Å². The predicted molar refractivity (Wildman–Crippen MR) is 120 cm³/mol. The first-order chi connectivity index (χ1) is 15.3. The van der Waals surface area contributed by atoms with Gasteiger partial charge in [0.25, 0.3) is 0 Å². The Bertz CT molecular complexity index is 1530. The van der Waals surface area contributed by atoms with Crippen LogP contribution in [0.15, 0.2) is 57.7 Å². The molecule has 3 heterocycles. The van der Waals surface area contributed by atoms with E-state index in [1.54, 1.807) is 18.2 Å². The van der Waals surface area contributed by atoms with Gasteiger partial charge in [-0.2, -0.15) is 10.5 Å². The maximum Gasteiger partial charge on any atom is 0.343 e. The highest BCUT2D eigenvalue weighted by Gasteiger charge is 2.39. The fourth-order valence-electron chi connectivity index (χ4n) is 4.24.